The third-order valence-corrected chi connectivity index (χ3v) is 4.30. The summed E-state index contributed by atoms with van der Waals surface area (Å²) in [4.78, 5) is 4.41. The molecule has 3 nitrogen and oxygen atoms in total. The Morgan fingerprint density at radius 1 is 1.35 bits per heavy atom. The maximum absolute atomic E-state index is 5.93. The van der Waals surface area contributed by atoms with Gasteiger partial charge >= 0.3 is 0 Å². The Morgan fingerprint density at radius 3 is 3.05 bits per heavy atom. The average Bonchev–Trinajstić information content (AvgIpc) is 3.10. The molecular weight excluding hydrogens is 268 g/mol. The number of nitrogens with zero attached hydrogens (tertiary/aromatic N) is 1. The lowest BCUT2D eigenvalue weighted by Gasteiger charge is -2.08. The fraction of sp³-hybridized carbons (Fsp3) is 0.312. The molecule has 0 aliphatic heterocycles. The number of rotatable bonds is 5. The molecule has 3 rings (SSSR count). The van der Waals surface area contributed by atoms with Crippen molar-refractivity contribution in [2.45, 2.75) is 26.3 Å². The summed E-state index contributed by atoms with van der Waals surface area (Å²) in [5, 5.41) is 6.76. The quantitative estimate of drug-likeness (QED) is 0.744. The van der Waals surface area contributed by atoms with Crippen molar-refractivity contribution < 1.29 is 4.42 Å². The Bertz CT molecular complexity index is 701. The highest BCUT2D eigenvalue weighted by Crippen LogP contribution is 2.34. The molecule has 1 N–H and O–H groups in total. The highest BCUT2D eigenvalue weighted by molar-refractivity contribution is 7.17. The van der Waals surface area contributed by atoms with E-state index in [1.165, 1.54) is 10.1 Å². The molecule has 0 radical (unpaired) electrons. The number of oxazole rings is 1. The minimum Gasteiger partial charge on any atom is -0.439 e. The van der Waals surface area contributed by atoms with Crippen molar-refractivity contribution in [2.75, 3.05) is 6.54 Å². The fourth-order valence-corrected chi connectivity index (χ4v) is 3.18. The van der Waals surface area contributed by atoms with Crippen LogP contribution in [0, 0.1) is 0 Å². The first-order chi connectivity index (χ1) is 9.79. The van der Waals surface area contributed by atoms with Gasteiger partial charge in [-0.05, 0) is 26.0 Å². The second kappa shape index (κ2) is 5.77. The maximum Gasteiger partial charge on any atom is 0.211 e. The van der Waals surface area contributed by atoms with Crippen LogP contribution in [0.2, 0.25) is 0 Å². The van der Waals surface area contributed by atoms with E-state index in [0.717, 1.165) is 30.2 Å². The molecule has 4 heteroatoms. The molecule has 3 aromatic rings. The molecule has 0 saturated carbocycles. The zero-order valence-corrected chi connectivity index (χ0v) is 12.5. The standard InChI is InChI=1S/C16H18N2OS/c1-3-8-17-11(2)16-18-9-14(19-16)13-10-20-15-7-5-4-6-12(13)15/h4-7,9-11,17H,3,8H2,1-2H3. The Morgan fingerprint density at radius 2 is 2.20 bits per heavy atom. The van der Waals surface area contributed by atoms with Crippen LogP contribution in [0.4, 0.5) is 0 Å². The first-order valence-electron chi connectivity index (χ1n) is 6.95. The predicted molar refractivity (Wildman–Crippen MR) is 84.0 cm³/mol. The average molecular weight is 286 g/mol. The van der Waals surface area contributed by atoms with Crippen LogP contribution >= 0.6 is 11.3 Å². The molecule has 0 aliphatic rings. The van der Waals surface area contributed by atoms with Crippen molar-refractivity contribution in [2.24, 2.45) is 0 Å². The van der Waals surface area contributed by atoms with Gasteiger partial charge in [-0.2, -0.15) is 0 Å². The highest BCUT2D eigenvalue weighted by Gasteiger charge is 2.14. The molecule has 104 valence electrons. The smallest absolute Gasteiger partial charge is 0.211 e. The van der Waals surface area contributed by atoms with Gasteiger partial charge in [0.25, 0.3) is 0 Å². The van der Waals surface area contributed by atoms with Gasteiger partial charge in [0.05, 0.1) is 12.2 Å². The van der Waals surface area contributed by atoms with Crippen molar-refractivity contribution in [1.29, 1.82) is 0 Å². The Hall–Kier alpha value is -1.65. The normalized spacial score (nSPS) is 12.9. The van der Waals surface area contributed by atoms with Gasteiger partial charge in [-0.3, -0.25) is 0 Å². The number of aromatic nitrogens is 1. The van der Waals surface area contributed by atoms with Crippen LogP contribution in [0.25, 0.3) is 21.4 Å². The monoisotopic (exact) mass is 286 g/mol. The summed E-state index contributed by atoms with van der Waals surface area (Å²) in [6.07, 6.45) is 2.93. The summed E-state index contributed by atoms with van der Waals surface area (Å²) in [7, 11) is 0. The van der Waals surface area contributed by atoms with Gasteiger partial charge in [0.2, 0.25) is 5.89 Å². The van der Waals surface area contributed by atoms with Crippen LogP contribution in [-0.4, -0.2) is 11.5 Å². The number of hydrogen-bond donors (Lipinski definition) is 1. The van der Waals surface area contributed by atoms with E-state index in [4.69, 9.17) is 4.42 Å². The van der Waals surface area contributed by atoms with Crippen LogP contribution in [-0.2, 0) is 0 Å². The number of thiophene rings is 1. The minimum atomic E-state index is 0.147. The van der Waals surface area contributed by atoms with Gasteiger partial charge in [0, 0.05) is 21.0 Å². The van der Waals surface area contributed by atoms with Crippen molar-refractivity contribution >= 4 is 21.4 Å². The maximum atomic E-state index is 5.93. The summed E-state index contributed by atoms with van der Waals surface area (Å²) >= 11 is 1.74. The molecule has 0 fully saturated rings. The summed E-state index contributed by atoms with van der Waals surface area (Å²) in [5.41, 5.74) is 1.13. The molecule has 1 aromatic carbocycles. The Labute approximate surface area is 122 Å². The van der Waals surface area contributed by atoms with E-state index in [1.54, 1.807) is 11.3 Å². The molecule has 0 aliphatic carbocycles. The van der Waals surface area contributed by atoms with E-state index in [2.05, 4.69) is 53.8 Å². The Kier molecular flexibility index (Phi) is 3.85. The third-order valence-electron chi connectivity index (χ3n) is 3.34. The van der Waals surface area contributed by atoms with Crippen molar-refractivity contribution in [3.05, 3.63) is 41.7 Å². The van der Waals surface area contributed by atoms with Crippen molar-refractivity contribution in [3.63, 3.8) is 0 Å². The van der Waals surface area contributed by atoms with Crippen molar-refractivity contribution in [3.8, 4) is 11.3 Å². The van der Waals surface area contributed by atoms with Crippen LogP contribution in [0.1, 0.15) is 32.2 Å². The highest BCUT2D eigenvalue weighted by atomic mass is 32.1. The fourth-order valence-electron chi connectivity index (χ4n) is 2.23. The molecule has 2 aromatic heterocycles. The van der Waals surface area contributed by atoms with Gasteiger partial charge in [0.1, 0.15) is 0 Å². The molecule has 0 amide bonds. The molecule has 2 heterocycles. The first-order valence-corrected chi connectivity index (χ1v) is 7.83. The van der Waals surface area contributed by atoms with E-state index >= 15 is 0 Å². The zero-order chi connectivity index (χ0) is 13.9. The lowest BCUT2D eigenvalue weighted by Crippen LogP contribution is -2.19. The number of benzene rings is 1. The van der Waals surface area contributed by atoms with Crippen LogP contribution in [0.3, 0.4) is 0 Å². The summed E-state index contributed by atoms with van der Waals surface area (Å²) in [6, 6.07) is 8.52. The SMILES string of the molecule is CCCNC(C)c1ncc(-c2csc3ccccc23)o1. The minimum absolute atomic E-state index is 0.147. The van der Waals surface area contributed by atoms with Crippen LogP contribution < -0.4 is 5.32 Å². The van der Waals surface area contributed by atoms with Crippen LogP contribution in [0.5, 0.6) is 0 Å². The number of hydrogen-bond acceptors (Lipinski definition) is 4. The summed E-state index contributed by atoms with van der Waals surface area (Å²) in [6.45, 7) is 5.20. The van der Waals surface area contributed by atoms with Gasteiger partial charge < -0.3 is 9.73 Å². The molecule has 1 unspecified atom stereocenters. The largest absolute Gasteiger partial charge is 0.439 e. The second-order valence-corrected chi connectivity index (χ2v) is 5.80. The Balaban J connectivity index is 1.90. The molecule has 0 bridgehead atoms. The van der Waals surface area contributed by atoms with Crippen LogP contribution in [0.15, 0.2) is 40.3 Å². The van der Waals surface area contributed by atoms with Gasteiger partial charge in [-0.15, -0.1) is 11.3 Å². The van der Waals surface area contributed by atoms with Gasteiger partial charge in [-0.1, -0.05) is 25.1 Å². The molecular formula is C16H18N2OS. The zero-order valence-electron chi connectivity index (χ0n) is 11.7. The molecule has 20 heavy (non-hydrogen) atoms. The van der Waals surface area contributed by atoms with Crippen molar-refractivity contribution in [1.82, 2.24) is 10.3 Å². The molecule has 1 atom stereocenters. The van der Waals surface area contributed by atoms with E-state index in [0.29, 0.717) is 0 Å². The number of fused-ring (bicyclic) bond motifs is 1. The third kappa shape index (κ3) is 2.49. The van der Waals surface area contributed by atoms with E-state index < -0.39 is 0 Å². The molecule has 0 saturated heterocycles. The molecule has 0 spiro atoms. The van der Waals surface area contributed by atoms with Gasteiger partial charge in [-0.25, -0.2) is 4.98 Å². The summed E-state index contributed by atoms with van der Waals surface area (Å²) in [5.74, 6) is 1.60. The predicted octanol–water partition coefficient (Wildman–Crippen LogP) is 4.62. The van der Waals surface area contributed by atoms with E-state index in [-0.39, 0.29) is 6.04 Å². The van der Waals surface area contributed by atoms with E-state index in [9.17, 15) is 0 Å². The lowest BCUT2D eigenvalue weighted by atomic mass is 10.1. The van der Waals surface area contributed by atoms with Gasteiger partial charge in [0.15, 0.2) is 5.76 Å². The van der Waals surface area contributed by atoms with E-state index in [1.807, 2.05) is 6.20 Å². The lowest BCUT2D eigenvalue weighted by molar-refractivity contribution is 0.423. The summed E-state index contributed by atoms with van der Waals surface area (Å²) < 4.78 is 7.20. The second-order valence-electron chi connectivity index (χ2n) is 4.88. The number of nitrogens with one attached hydrogen (secondary N) is 1. The topological polar surface area (TPSA) is 38.1 Å². The first kappa shape index (κ1) is 13.3.